The van der Waals surface area contributed by atoms with E-state index in [9.17, 15) is 9.59 Å². The normalized spacial score (nSPS) is 7.44. The van der Waals surface area contributed by atoms with Crippen molar-refractivity contribution < 1.29 is 14.3 Å². The topological polar surface area (TPSA) is 46.6 Å². The summed E-state index contributed by atoms with van der Waals surface area (Å²) in [6.07, 6.45) is 1.75. The molecular weight excluding hydrogens is 230 g/mol. The minimum Gasteiger partial charge on any atom is -0.466 e. The Bertz CT molecular complexity index is 304. The quantitative estimate of drug-likeness (QED) is 0.433. The predicted octanol–water partition coefficient (Wildman–Crippen LogP) is 2.58. The SMILES string of the molecule is C=C(C)C(=O)N(C)C.C=C(C)C(=O)OC.C=CC. The molecule has 0 aromatic rings. The van der Waals surface area contributed by atoms with E-state index in [1.165, 1.54) is 12.0 Å². The van der Waals surface area contributed by atoms with Gasteiger partial charge in [-0.2, -0.15) is 0 Å². The molecule has 0 saturated heterocycles. The van der Waals surface area contributed by atoms with E-state index < -0.39 is 0 Å². The number of hydrogen-bond acceptors (Lipinski definition) is 3. The number of carbonyl (C=O) groups excluding carboxylic acids is 2. The lowest BCUT2D eigenvalue weighted by molar-refractivity contribution is -0.136. The molecular formula is C14H25NO3. The van der Waals surface area contributed by atoms with Crippen molar-refractivity contribution in [1.82, 2.24) is 4.90 Å². The average molecular weight is 255 g/mol. The molecule has 4 heteroatoms. The predicted molar refractivity (Wildman–Crippen MR) is 76.2 cm³/mol. The van der Waals surface area contributed by atoms with Crippen molar-refractivity contribution in [3.05, 3.63) is 37.0 Å². The highest BCUT2D eigenvalue weighted by atomic mass is 16.5. The van der Waals surface area contributed by atoms with Crippen molar-refractivity contribution in [3.8, 4) is 0 Å². The Kier molecular flexibility index (Phi) is 15.8. The fourth-order valence-electron chi connectivity index (χ4n) is 0.556. The summed E-state index contributed by atoms with van der Waals surface area (Å²) in [6, 6.07) is 0. The highest BCUT2D eigenvalue weighted by molar-refractivity contribution is 5.91. The van der Waals surface area contributed by atoms with Crippen LogP contribution < -0.4 is 0 Å². The van der Waals surface area contributed by atoms with E-state index in [4.69, 9.17) is 0 Å². The van der Waals surface area contributed by atoms with Crippen molar-refractivity contribution in [1.29, 1.82) is 0 Å². The highest BCUT2D eigenvalue weighted by Crippen LogP contribution is 1.90. The molecule has 0 bridgehead atoms. The second kappa shape index (κ2) is 13.2. The third-order valence-electron chi connectivity index (χ3n) is 1.31. The van der Waals surface area contributed by atoms with E-state index in [-0.39, 0.29) is 11.9 Å². The molecule has 0 fully saturated rings. The maximum atomic E-state index is 10.7. The first kappa shape index (κ1) is 21.4. The number of allylic oxidation sites excluding steroid dienone is 1. The first-order valence-electron chi connectivity index (χ1n) is 5.33. The molecule has 0 aromatic heterocycles. The van der Waals surface area contributed by atoms with E-state index in [1.807, 2.05) is 6.92 Å². The summed E-state index contributed by atoms with van der Waals surface area (Å²) in [6.45, 7) is 15.4. The summed E-state index contributed by atoms with van der Waals surface area (Å²) >= 11 is 0. The Balaban J connectivity index is -0.000000207. The van der Waals surface area contributed by atoms with Crippen LogP contribution in [-0.4, -0.2) is 38.0 Å². The van der Waals surface area contributed by atoms with Crippen LogP contribution in [0.1, 0.15) is 20.8 Å². The summed E-state index contributed by atoms with van der Waals surface area (Å²) in [5.74, 6) is -0.356. The van der Waals surface area contributed by atoms with Crippen molar-refractivity contribution in [2.24, 2.45) is 0 Å². The van der Waals surface area contributed by atoms with Gasteiger partial charge in [0.05, 0.1) is 7.11 Å². The Labute approximate surface area is 111 Å². The van der Waals surface area contributed by atoms with Crippen molar-refractivity contribution >= 4 is 11.9 Å². The molecule has 1 amide bonds. The van der Waals surface area contributed by atoms with Crippen LogP contribution in [0.2, 0.25) is 0 Å². The van der Waals surface area contributed by atoms with Crippen LogP contribution in [0.3, 0.4) is 0 Å². The van der Waals surface area contributed by atoms with Crippen LogP contribution in [0.25, 0.3) is 0 Å². The first-order chi connectivity index (χ1) is 8.15. The smallest absolute Gasteiger partial charge is 0.332 e. The van der Waals surface area contributed by atoms with Gasteiger partial charge in [0.2, 0.25) is 5.91 Å². The maximum absolute atomic E-state index is 10.7. The van der Waals surface area contributed by atoms with E-state index in [1.54, 1.807) is 34.0 Å². The van der Waals surface area contributed by atoms with Gasteiger partial charge in [0.1, 0.15) is 0 Å². The minimum absolute atomic E-state index is 0.00926. The maximum Gasteiger partial charge on any atom is 0.332 e. The standard InChI is InChI=1S/C6H11NO.C5H8O2.C3H6/c1-5(2)6(8)7(3)4;1-4(2)5(6)7-3;1-3-2/h1H2,2-4H3;1H2,2-3H3;3H,1H2,2H3. The Morgan fingerprint density at radius 2 is 1.44 bits per heavy atom. The van der Waals surface area contributed by atoms with Crippen LogP contribution in [0.15, 0.2) is 37.0 Å². The van der Waals surface area contributed by atoms with Gasteiger partial charge >= 0.3 is 5.97 Å². The Morgan fingerprint density at radius 1 is 1.11 bits per heavy atom. The number of methoxy groups -OCH3 is 1. The second-order valence-corrected chi connectivity index (χ2v) is 3.66. The minimum atomic E-state index is -0.347. The van der Waals surface area contributed by atoms with E-state index in [2.05, 4.69) is 24.5 Å². The molecule has 0 N–H and O–H groups in total. The Hall–Kier alpha value is -1.84. The van der Waals surface area contributed by atoms with E-state index in [0.717, 1.165) is 0 Å². The van der Waals surface area contributed by atoms with Crippen LogP contribution in [0.5, 0.6) is 0 Å². The summed E-state index contributed by atoms with van der Waals surface area (Å²) in [5.41, 5.74) is 1.01. The highest BCUT2D eigenvalue weighted by Gasteiger charge is 2.01. The van der Waals surface area contributed by atoms with Crippen LogP contribution in [0.4, 0.5) is 0 Å². The number of nitrogens with zero attached hydrogens (tertiary/aromatic N) is 1. The molecule has 0 saturated carbocycles. The van der Waals surface area contributed by atoms with Crippen molar-refractivity contribution in [2.45, 2.75) is 20.8 Å². The zero-order valence-electron chi connectivity index (χ0n) is 12.4. The van der Waals surface area contributed by atoms with E-state index >= 15 is 0 Å². The first-order valence-corrected chi connectivity index (χ1v) is 5.33. The van der Waals surface area contributed by atoms with Gasteiger partial charge < -0.3 is 9.64 Å². The number of esters is 1. The summed E-state index contributed by atoms with van der Waals surface area (Å²) in [4.78, 5) is 22.4. The lowest BCUT2D eigenvalue weighted by Crippen LogP contribution is -2.21. The fourth-order valence-corrected chi connectivity index (χ4v) is 0.556. The molecule has 0 rings (SSSR count). The van der Waals surface area contributed by atoms with Gasteiger partial charge in [-0.15, -0.1) is 6.58 Å². The monoisotopic (exact) mass is 255 g/mol. The second-order valence-electron chi connectivity index (χ2n) is 3.66. The van der Waals surface area contributed by atoms with Gasteiger partial charge in [-0.3, -0.25) is 4.79 Å². The molecule has 0 spiro atoms. The Morgan fingerprint density at radius 3 is 1.44 bits per heavy atom. The molecule has 104 valence electrons. The molecule has 0 aliphatic carbocycles. The van der Waals surface area contributed by atoms with Crippen LogP contribution >= 0.6 is 0 Å². The lowest BCUT2D eigenvalue weighted by Gasteiger charge is -2.07. The van der Waals surface area contributed by atoms with Crippen molar-refractivity contribution in [2.75, 3.05) is 21.2 Å². The summed E-state index contributed by atoms with van der Waals surface area (Å²) < 4.78 is 4.27. The molecule has 0 aromatic carbocycles. The van der Waals surface area contributed by atoms with Gasteiger partial charge in [-0.1, -0.05) is 19.2 Å². The van der Waals surface area contributed by atoms with Gasteiger partial charge in [0.25, 0.3) is 0 Å². The molecule has 0 unspecified atom stereocenters. The fraction of sp³-hybridized carbons (Fsp3) is 0.429. The van der Waals surface area contributed by atoms with Gasteiger partial charge in [-0.05, 0) is 20.8 Å². The molecule has 0 radical (unpaired) electrons. The van der Waals surface area contributed by atoms with Gasteiger partial charge in [0, 0.05) is 25.2 Å². The summed E-state index contributed by atoms with van der Waals surface area (Å²) in [7, 11) is 4.74. The number of amides is 1. The molecule has 0 aliphatic rings. The molecule has 0 heterocycles. The van der Waals surface area contributed by atoms with Gasteiger partial charge in [-0.25, -0.2) is 4.79 Å². The molecule has 18 heavy (non-hydrogen) atoms. The largest absolute Gasteiger partial charge is 0.466 e. The molecule has 0 aliphatic heterocycles. The van der Waals surface area contributed by atoms with Crippen molar-refractivity contribution in [3.63, 3.8) is 0 Å². The summed E-state index contributed by atoms with van der Waals surface area (Å²) in [5, 5.41) is 0. The third kappa shape index (κ3) is 16.6. The zero-order valence-corrected chi connectivity index (χ0v) is 12.4. The van der Waals surface area contributed by atoms with Crippen LogP contribution in [0, 0.1) is 0 Å². The van der Waals surface area contributed by atoms with Crippen LogP contribution in [-0.2, 0) is 14.3 Å². The molecule has 0 atom stereocenters. The zero-order chi connectivity index (χ0) is 15.3. The number of ether oxygens (including phenoxy) is 1. The number of likely N-dealkylation sites (N-methyl/N-ethyl adjacent to an activating group) is 1. The molecule has 4 nitrogen and oxygen atoms in total. The van der Waals surface area contributed by atoms with Gasteiger partial charge in [0.15, 0.2) is 0 Å². The van der Waals surface area contributed by atoms with E-state index in [0.29, 0.717) is 11.1 Å². The third-order valence-corrected chi connectivity index (χ3v) is 1.31. The number of carbonyl (C=O) groups is 2. The number of hydrogen-bond donors (Lipinski definition) is 0. The number of rotatable bonds is 2. The average Bonchev–Trinajstić information content (AvgIpc) is 2.28. The lowest BCUT2D eigenvalue weighted by atomic mass is 10.3.